The lowest BCUT2D eigenvalue weighted by Gasteiger charge is -2.01. The first kappa shape index (κ1) is 9.47. The van der Waals surface area contributed by atoms with Crippen molar-refractivity contribution in [3.63, 3.8) is 0 Å². The first-order valence-corrected chi connectivity index (χ1v) is 5.21. The SMILES string of the molecule is Cc1cccc(/C=C\C2CCCO2)c1. The zero-order valence-corrected chi connectivity index (χ0v) is 8.57. The maximum Gasteiger partial charge on any atom is 0.0759 e. The molecule has 1 nitrogen and oxygen atoms in total. The molecule has 0 spiro atoms. The number of rotatable bonds is 2. The van der Waals surface area contributed by atoms with E-state index in [1.807, 2.05) is 0 Å². The van der Waals surface area contributed by atoms with Crippen LogP contribution in [0.15, 0.2) is 30.3 Å². The Morgan fingerprint density at radius 1 is 1.43 bits per heavy atom. The molecular weight excluding hydrogens is 172 g/mol. The number of aryl methyl sites for hydroxylation is 1. The zero-order chi connectivity index (χ0) is 9.80. The van der Waals surface area contributed by atoms with Crippen molar-refractivity contribution in [1.82, 2.24) is 0 Å². The molecule has 74 valence electrons. The Morgan fingerprint density at radius 3 is 3.07 bits per heavy atom. The molecule has 2 rings (SSSR count). The predicted octanol–water partition coefficient (Wildman–Crippen LogP) is 3.19. The van der Waals surface area contributed by atoms with Gasteiger partial charge in [0.2, 0.25) is 0 Å². The van der Waals surface area contributed by atoms with Crippen LogP contribution in [0.2, 0.25) is 0 Å². The van der Waals surface area contributed by atoms with Crippen LogP contribution in [0.4, 0.5) is 0 Å². The van der Waals surface area contributed by atoms with Gasteiger partial charge in [-0.2, -0.15) is 0 Å². The minimum atomic E-state index is 0.343. The third-order valence-corrected chi connectivity index (χ3v) is 2.51. The summed E-state index contributed by atoms with van der Waals surface area (Å²) in [4.78, 5) is 0. The molecule has 1 atom stereocenters. The minimum absolute atomic E-state index is 0.343. The Kier molecular flexibility index (Phi) is 3.00. The normalized spacial score (nSPS) is 21.9. The average molecular weight is 188 g/mol. The standard InChI is InChI=1S/C13H16O/c1-11-4-2-5-12(10-11)7-8-13-6-3-9-14-13/h2,4-5,7-8,10,13H,3,6,9H2,1H3/b8-7-. The van der Waals surface area contributed by atoms with E-state index in [1.165, 1.54) is 24.0 Å². The lowest BCUT2D eigenvalue weighted by atomic mass is 10.1. The fraction of sp³-hybridized carbons (Fsp3) is 0.385. The van der Waals surface area contributed by atoms with E-state index in [0.717, 1.165) is 6.61 Å². The molecule has 1 saturated heterocycles. The van der Waals surface area contributed by atoms with E-state index in [4.69, 9.17) is 4.74 Å². The summed E-state index contributed by atoms with van der Waals surface area (Å²) in [6.07, 6.45) is 7.03. The molecule has 1 aliphatic heterocycles. The molecule has 1 aromatic carbocycles. The smallest absolute Gasteiger partial charge is 0.0759 e. The van der Waals surface area contributed by atoms with Crippen LogP contribution in [0.5, 0.6) is 0 Å². The van der Waals surface area contributed by atoms with Crippen LogP contribution in [-0.4, -0.2) is 12.7 Å². The highest BCUT2D eigenvalue weighted by Crippen LogP contribution is 2.15. The van der Waals surface area contributed by atoms with E-state index in [-0.39, 0.29) is 0 Å². The lowest BCUT2D eigenvalue weighted by Crippen LogP contribution is -1.98. The topological polar surface area (TPSA) is 9.23 Å². The van der Waals surface area contributed by atoms with E-state index in [0.29, 0.717) is 6.10 Å². The van der Waals surface area contributed by atoms with Crippen LogP contribution in [0.1, 0.15) is 24.0 Å². The van der Waals surface area contributed by atoms with Crippen LogP contribution < -0.4 is 0 Å². The van der Waals surface area contributed by atoms with Crippen molar-refractivity contribution in [3.8, 4) is 0 Å². The van der Waals surface area contributed by atoms with Crippen molar-refractivity contribution in [2.45, 2.75) is 25.9 Å². The molecule has 0 saturated carbocycles. The predicted molar refractivity (Wildman–Crippen MR) is 59.2 cm³/mol. The lowest BCUT2D eigenvalue weighted by molar-refractivity contribution is 0.146. The van der Waals surface area contributed by atoms with Crippen LogP contribution in [-0.2, 0) is 4.74 Å². The molecule has 1 aromatic rings. The van der Waals surface area contributed by atoms with Crippen LogP contribution in [0, 0.1) is 6.92 Å². The van der Waals surface area contributed by atoms with Gasteiger partial charge in [-0.25, -0.2) is 0 Å². The van der Waals surface area contributed by atoms with Crippen molar-refractivity contribution in [3.05, 3.63) is 41.5 Å². The second kappa shape index (κ2) is 4.43. The average Bonchev–Trinajstić information content (AvgIpc) is 2.67. The van der Waals surface area contributed by atoms with E-state index in [1.54, 1.807) is 0 Å². The quantitative estimate of drug-likeness (QED) is 0.692. The summed E-state index contributed by atoms with van der Waals surface area (Å²) in [5, 5.41) is 0. The van der Waals surface area contributed by atoms with Crippen molar-refractivity contribution in [2.24, 2.45) is 0 Å². The van der Waals surface area contributed by atoms with Crippen LogP contribution >= 0.6 is 0 Å². The molecule has 0 aromatic heterocycles. The van der Waals surface area contributed by atoms with Crippen molar-refractivity contribution in [1.29, 1.82) is 0 Å². The molecule has 14 heavy (non-hydrogen) atoms. The molecule has 0 N–H and O–H groups in total. The van der Waals surface area contributed by atoms with Crippen molar-refractivity contribution >= 4 is 6.08 Å². The van der Waals surface area contributed by atoms with Crippen molar-refractivity contribution in [2.75, 3.05) is 6.61 Å². The second-order valence-electron chi connectivity index (χ2n) is 3.82. The first-order chi connectivity index (χ1) is 6.84. The van der Waals surface area contributed by atoms with Gasteiger partial charge in [0.1, 0.15) is 0 Å². The zero-order valence-electron chi connectivity index (χ0n) is 8.57. The van der Waals surface area contributed by atoms with Crippen LogP contribution in [0.25, 0.3) is 6.08 Å². The van der Waals surface area contributed by atoms with Gasteiger partial charge in [-0.05, 0) is 25.3 Å². The monoisotopic (exact) mass is 188 g/mol. The fourth-order valence-corrected chi connectivity index (χ4v) is 1.75. The summed E-state index contributed by atoms with van der Waals surface area (Å²) >= 11 is 0. The molecule has 1 unspecified atom stereocenters. The van der Waals surface area contributed by atoms with Gasteiger partial charge in [0.05, 0.1) is 6.10 Å². The summed E-state index contributed by atoms with van der Waals surface area (Å²) in [5.41, 5.74) is 2.57. The second-order valence-corrected chi connectivity index (χ2v) is 3.82. The fourth-order valence-electron chi connectivity index (χ4n) is 1.75. The van der Waals surface area contributed by atoms with Gasteiger partial charge in [-0.3, -0.25) is 0 Å². The molecule has 0 bridgehead atoms. The Hall–Kier alpha value is -1.08. The summed E-state index contributed by atoms with van der Waals surface area (Å²) in [7, 11) is 0. The van der Waals surface area contributed by atoms with Crippen LogP contribution in [0.3, 0.4) is 0 Å². The maximum absolute atomic E-state index is 5.52. The molecule has 1 heteroatoms. The van der Waals surface area contributed by atoms with Gasteiger partial charge in [0.15, 0.2) is 0 Å². The molecular formula is C13H16O. The minimum Gasteiger partial charge on any atom is -0.374 e. The Morgan fingerprint density at radius 2 is 2.36 bits per heavy atom. The summed E-state index contributed by atoms with van der Waals surface area (Å²) in [5.74, 6) is 0. The molecule has 0 radical (unpaired) electrons. The molecule has 1 fully saturated rings. The number of hydrogen-bond acceptors (Lipinski definition) is 1. The Labute approximate surface area is 85.4 Å². The van der Waals surface area contributed by atoms with Gasteiger partial charge in [-0.1, -0.05) is 42.0 Å². The van der Waals surface area contributed by atoms with Gasteiger partial charge < -0.3 is 4.74 Å². The Balaban J connectivity index is 2.02. The van der Waals surface area contributed by atoms with E-state index in [9.17, 15) is 0 Å². The molecule has 0 amide bonds. The van der Waals surface area contributed by atoms with Gasteiger partial charge >= 0.3 is 0 Å². The molecule has 1 heterocycles. The first-order valence-electron chi connectivity index (χ1n) is 5.21. The van der Waals surface area contributed by atoms with E-state index >= 15 is 0 Å². The largest absolute Gasteiger partial charge is 0.374 e. The molecule has 1 aliphatic rings. The third kappa shape index (κ3) is 2.46. The third-order valence-electron chi connectivity index (χ3n) is 2.51. The van der Waals surface area contributed by atoms with Gasteiger partial charge in [0, 0.05) is 6.61 Å². The summed E-state index contributed by atoms with van der Waals surface area (Å²) in [6.45, 7) is 3.03. The van der Waals surface area contributed by atoms with E-state index in [2.05, 4.69) is 43.3 Å². The Bertz CT molecular complexity index is 322. The van der Waals surface area contributed by atoms with Gasteiger partial charge in [0.25, 0.3) is 0 Å². The van der Waals surface area contributed by atoms with Gasteiger partial charge in [-0.15, -0.1) is 0 Å². The number of hydrogen-bond donors (Lipinski definition) is 0. The summed E-state index contributed by atoms with van der Waals surface area (Å²) < 4.78 is 5.52. The highest BCUT2D eigenvalue weighted by Gasteiger charge is 2.10. The maximum atomic E-state index is 5.52. The highest BCUT2D eigenvalue weighted by molar-refractivity contribution is 5.50. The van der Waals surface area contributed by atoms with Crippen molar-refractivity contribution < 1.29 is 4.74 Å². The number of benzene rings is 1. The summed E-state index contributed by atoms with van der Waals surface area (Å²) in [6, 6.07) is 8.51. The van der Waals surface area contributed by atoms with E-state index < -0.39 is 0 Å². The highest BCUT2D eigenvalue weighted by atomic mass is 16.5. The number of ether oxygens (including phenoxy) is 1. The molecule has 0 aliphatic carbocycles.